The van der Waals surface area contributed by atoms with Crippen molar-refractivity contribution in [2.45, 2.75) is 4.90 Å². The van der Waals surface area contributed by atoms with E-state index in [1.807, 2.05) is 48.7 Å². The number of allylic oxidation sites excluding steroid dienone is 1. The average molecular weight is 253 g/mol. The Morgan fingerprint density at radius 2 is 1.67 bits per heavy atom. The topological polar surface area (TPSA) is 12.4 Å². The molecule has 2 aromatic rings. The maximum Gasteiger partial charge on any atom is 0.0630 e. The molecule has 2 heteroatoms. The van der Waals surface area contributed by atoms with Gasteiger partial charge in [0.1, 0.15) is 0 Å². The summed E-state index contributed by atoms with van der Waals surface area (Å²) in [5.41, 5.74) is 2.16. The van der Waals surface area contributed by atoms with Crippen molar-refractivity contribution >= 4 is 29.7 Å². The van der Waals surface area contributed by atoms with Gasteiger partial charge in [-0.1, -0.05) is 36.4 Å². The van der Waals surface area contributed by atoms with Crippen molar-refractivity contribution in [3.63, 3.8) is 0 Å². The van der Waals surface area contributed by atoms with Crippen molar-refractivity contribution < 1.29 is 0 Å². The first-order valence-electron chi connectivity index (χ1n) is 5.78. The van der Waals surface area contributed by atoms with Crippen LogP contribution in [0, 0.1) is 0 Å². The standard InChI is InChI=1S/C16H15NS/c1-18-16-11-9-15(10-12-16)17-13-5-8-14-6-3-2-4-7-14/h2-13H,1H3/b8-5+,17-13?. The third kappa shape index (κ3) is 3.90. The summed E-state index contributed by atoms with van der Waals surface area (Å²) in [6, 6.07) is 18.4. The molecule has 0 aromatic heterocycles. The van der Waals surface area contributed by atoms with E-state index >= 15 is 0 Å². The molecule has 2 rings (SSSR count). The van der Waals surface area contributed by atoms with Gasteiger partial charge < -0.3 is 0 Å². The molecule has 0 heterocycles. The zero-order valence-corrected chi connectivity index (χ0v) is 11.1. The summed E-state index contributed by atoms with van der Waals surface area (Å²) in [6.07, 6.45) is 7.89. The largest absolute Gasteiger partial charge is 0.257 e. The van der Waals surface area contributed by atoms with Gasteiger partial charge in [0.15, 0.2) is 0 Å². The molecule has 0 spiro atoms. The lowest BCUT2D eigenvalue weighted by molar-refractivity contribution is 1.43. The van der Waals surface area contributed by atoms with Gasteiger partial charge in [0, 0.05) is 11.1 Å². The molecule has 0 aliphatic rings. The van der Waals surface area contributed by atoms with E-state index in [1.54, 1.807) is 11.8 Å². The minimum absolute atomic E-state index is 0.977. The normalized spacial score (nSPS) is 11.4. The highest BCUT2D eigenvalue weighted by Gasteiger charge is 1.89. The molecule has 0 saturated heterocycles. The van der Waals surface area contributed by atoms with Crippen molar-refractivity contribution in [1.29, 1.82) is 0 Å². The van der Waals surface area contributed by atoms with Crippen LogP contribution in [0.1, 0.15) is 5.56 Å². The molecule has 0 amide bonds. The maximum atomic E-state index is 4.38. The second-order valence-corrected chi connectivity index (χ2v) is 4.63. The Labute approximate surface area is 112 Å². The molecule has 0 N–H and O–H groups in total. The molecular weight excluding hydrogens is 238 g/mol. The van der Waals surface area contributed by atoms with Crippen LogP contribution in [0.15, 0.2) is 70.6 Å². The quantitative estimate of drug-likeness (QED) is 0.562. The van der Waals surface area contributed by atoms with Gasteiger partial charge in [-0.2, -0.15) is 0 Å². The van der Waals surface area contributed by atoms with Crippen LogP contribution in [0.4, 0.5) is 5.69 Å². The third-order valence-corrected chi connectivity index (χ3v) is 3.21. The molecule has 2 aromatic carbocycles. The fraction of sp³-hybridized carbons (Fsp3) is 0.0625. The van der Waals surface area contributed by atoms with E-state index in [0.29, 0.717) is 0 Å². The van der Waals surface area contributed by atoms with E-state index in [0.717, 1.165) is 5.69 Å². The van der Waals surface area contributed by atoms with Crippen LogP contribution in [-0.4, -0.2) is 12.5 Å². The van der Waals surface area contributed by atoms with Crippen LogP contribution in [-0.2, 0) is 0 Å². The van der Waals surface area contributed by atoms with Gasteiger partial charge in [0.2, 0.25) is 0 Å². The minimum Gasteiger partial charge on any atom is -0.257 e. The second-order valence-electron chi connectivity index (χ2n) is 3.75. The van der Waals surface area contributed by atoms with E-state index < -0.39 is 0 Å². The summed E-state index contributed by atoms with van der Waals surface area (Å²) < 4.78 is 0. The zero-order valence-electron chi connectivity index (χ0n) is 10.3. The van der Waals surface area contributed by atoms with Crippen molar-refractivity contribution in [3.8, 4) is 0 Å². The lowest BCUT2D eigenvalue weighted by atomic mass is 10.2. The van der Waals surface area contributed by atoms with Gasteiger partial charge in [-0.25, -0.2) is 0 Å². The molecule has 0 atom stereocenters. The Balaban J connectivity index is 1.96. The fourth-order valence-electron chi connectivity index (χ4n) is 1.52. The molecule has 0 aliphatic heterocycles. The molecule has 0 saturated carbocycles. The number of nitrogens with zero attached hydrogens (tertiary/aromatic N) is 1. The van der Waals surface area contributed by atoms with Gasteiger partial charge in [0.25, 0.3) is 0 Å². The fourth-order valence-corrected chi connectivity index (χ4v) is 1.92. The molecule has 0 bridgehead atoms. The smallest absolute Gasteiger partial charge is 0.0630 e. The number of aliphatic imine (C=N–C) groups is 1. The van der Waals surface area contributed by atoms with Crippen LogP contribution >= 0.6 is 11.8 Å². The van der Waals surface area contributed by atoms with Crippen molar-refractivity contribution in [2.75, 3.05) is 6.26 Å². The molecule has 90 valence electrons. The van der Waals surface area contributed by atoms with Gasteiger partial charge in [-0.15, -0.1) is 11.8 Å². The highest BCUT2D eigenvalue weighted by molar-refractivity contribution is 7.98. The van der Waals surface area contributed by atoms with E-state index in [9.17, 15) is 0 Å². The predicted molar refractivity (Wildman–Crippen MR) is 81.9 cm³/mol. The minimum atomic E-state index is 0.977. The average Bonchev–Trinajstić information content (AvgIpc) is 2.45. The molecule has 18 heavy (non-hydrogen) atoms. The Hall–Kier alpha value is -1.80. The Morgan fingerprint density at radius 1 is 0.944 bits per heavy atom. The molecule has 0 fully saturated rings. The first-order chi connectivity index (χ1) is 8.88. The van der Waals surface area contributed by atoms with Crippen LogP contribution in [0.2, 0.25) is 0 Å². The van der Waals surface area contributed by atoms with E-state index in [2.05, 4.69) is 35.5 Å². The molecule has 0 unspecified atom stereocenters. The van der Waals surface area contributed by atoms with E-state index in [4.69, 9.17) is 0 Å². The second kappa shape index (κ2) is 6.82. The van der Waals surface area contributed by atoms with Crippen molar-refractivity contribution in [2.24, 2.45) is 4.99 Å². The first-order valence-corrected chi connectivity index (χ1v) is 7.01. The highest BCUT2D eigenvalue weighted by Crippen LogP contribution is 2.18. The summed E-state index contributed by atoms with van der Waals surface area (Å²) in [7, 11) is 0. The molecule has 0 aliphatic carbocycles. The Bertz CT molecular complexity index is 527. The van der Waals surface area contributed by atoms with Crippen molar-refractivity contribution in [1.82, 2.24) is 0 Å². The number of benzene rings is 2. The maximum absolute atomic E-state index is 4.38. The van der Waals surface area contributed by atoms with Gasteiger partial charge >= 0.3 is 0 Å². The summed E-state index contributed by atoms with van der Waals surface area (Å²) in [4.78, 5) is 5.63. The van der Waals surface area contributed by atoms with Crippen LogP contribution in [0.3, 0.4) is 0 Å². The Morgan fingerprint density at radius 3 is 2.33 bits per heavy atom. The summed E-state index contributed by atoms with van der Waals surface area (Å²) >= 11 is 1.74. The van der Waals surface area contributed by atoms with Crippen LogP contribution in [0.25, 0.3) is 6.08 Å². The highest BCUT2D eigenvalue weighted by atomic mass is 32.2. The van der Waals surface area contributed by atoms with Gasteiger partial charge in [-0.05, 0) is 42.2 Å². The van der Waals surface area contributed by atoms with E-state index in [-0.39, 0.29) is 0 Å². The number of hydrogen-bond donors (Lipinski definition) is 0. The monoisotopic (exact) mass is 253 g/mol. The number of hydrogen-bond acceptors (Lipinski definition) is 2. The molecule has 1 nitrogen and oxygen atoms in total. The number of thioether (sulfide) groups is 1. The lowest BCUT2D eigenvalue weighted by Gasteiger charge is -1.95. The summed E-state index contributed by atoms with van der Waals surface area (Å²) in [6.45, 7) is 0. The van der Waals surface area contributed by atoms with Crippen molar-refractivity contribution in [3.05, 3.63) is 66.2 Å². The lowest BCUT2D eigenvalue weighted by Crippen LogP contribution is -1.71. The van der Waals surface area contributed by atoms with E-state index in [1.165, 1.54) is 10.5 Å². The molecular formula is C16H15NS. The summed E-state index contributed by atoms with van der Waals surface area (Å²) in [5.74, 6) is 0. The van der Waals surface area contributed by atoms with Gasteiger partial charge in [-0.3, -0.25) is 4.99 Å². The van der Waals surface area contributed by atoms with Crippen LogP contribution < -0.4 is 0 Å². The SMILES string of the molecule is CSc1ccc(N=C/C=C/c2ccccc2)cc1. The zero-order chi connectivity index (χ0) is 12.6. The number of rotatable bonds is 4. The predicted octanol–water partition coefficient (Wildman–Crippen LogP) is 4.82. The first kappa shape index (κ1) is 12.7. The third-order valence-electron chi connectivity index (χ3n) is 2.47. The molecule has 0 radical (unpaired) electrons. The summed E-state index contributed by atoms with van der Waals surface area (Å²) in [5, 5.41) is 0. The van der Waals surface area contributed by atoms with Gasteiger partial charge in [0.05, 0.1) is 5.69 Å². The Kier molecular flexibility index (Phi) is 4.79. The van der Waals surface area contributed by atoms with Crippen LogP contribution in [0.5, 0.6) is 0 Å².